The lowest BCUT2D eigenvalue weighted by Gasteiger charge is -2.30. The fraction of sp³-hybridized carbons (Fsp3) is 1.00. The highest BCUT2D eigenvalue weighted by atomic mass is 79.9. The Morgan fingerprint density at radius 2 is 2.22 bits per heavy atom. The van der Waals surface area contributed by atoms with Gasteiger partial charge in [-0.3, -0.25) is 0 Å². The van der Waals surface area contributed by atoms with Crippen molar-refractivity contribution in [2.24, 2.45) is 0 Å². The van der Waals surface area contributed by atoms with Crippen molar-refractivity contribution in [3.05, 3.63) is 0 Å². The van der Waals surface area contributed by atoms with Gasteiger partial charge in [-0.05, 0) is 19.8 Å². The van der Waals surface area contributed by atoms with Crippen molar-refractivity contribution in [3.63, 3.8) is 0 Å². The zero-order valence-electron chi connectivity index (χ0n) is 5.66. The quantitative estimate of drug-likeness (QED) is 0.521. The second-order valence-corrected chi connectivity index (χ2v) is 4.80. The van der Waals surface area contributed by atoms with Gasteiger partial charge >= 0.3 is 0 Å². The number of hydrogen-bond donors (Lipinski definition) is 0. The molecule has 54 valence electrons. The van der Waals surface area contributed by atoms with Gasteiger partial charge in [0.15, 0.2) is 0 Å². The minimum absolute atomic E-state index is 0.217. The molecular formula is C7H12BrF. The number of rotatable bonds is 0. The Kier molecular flexibility index (Phi) is 2.14. The van der Waals surface area contributed by atoms with Gasteiger partial charge in [-0.1, -0.05) is 28.8 Å². The van der Waals surface area contributed by atoms with Crippen molar-refractivity contribution >= 4 is 15.9 Å². The molecule has 9 heavy (non-hydrogen) atoms. The van der Waals surface area contributed by atoms with Gasteiger partial charge in [0.25, 0.3) is 0 Å². The first-order chi connectivity index (χ1) is 4.13. The number of hydrogen-bond acceptors (Lipinski definition) is 0. The monoisotopic (exact) mass is 194 g/mol. The second kappa shape index (κ2) is 2.57. The molecule has 0 radical (unpaired) electrons. The van der Waals surface area contributed by atoms with Crippen molar-refractivity contribution in [1.82, 2.24) is 0 Å². The van der Waals surface area contributed by atoms with Crippen molar-refractivity contribution in [2.75, 3.05) is 0 Å². The highest BCUT2D eigenvalue weighted by Crippen LogP contribution is 2.37. The Hall–Kier alpha value is 0.410. The molecule has 0 spiro atoms. The van der Waals surface area contributed by atoms with Gasteiger partial charge in [-0.15, -0.1) is 0 Å². The number of halogens is 2. The molecule has 2 atom stereocenters. The average molecular weight is 195 g/mol. The van der Waals surface area contributed by atoms with Crippen LogP contribution in [-0.4, -0.2) is 10.5 Å². The smallest absolute Gasteiger partial charge is 0.115 e. The third kappa shape index (κ3) is 1.66. The van der Waals surface area contributed by atoms with Crippen molar-refractivity contribution in [2.45, 2.75) is 43.1 Å². The van der Waals surface area contributed by atoms with E-state index < -0.39 is 6.17 Å². The molecule has 1 saturated carbocycles. The molecule has 0 amide bonds. The normalized spacial score (nSPS) is 45.0. The van der Waals surface area contributed by atoms with Crippen LogP contribution in [0.5, 0.6) is 0 Å². The van der Waals surface area contributed by atoms with E-state index in [4.69, 9.17) is 0 Å². The summed E-state index contributed by atoms with van der Waals surface area (Å²) in [5.74, 6) is 0. The highest BCUT2D eigenvalue weighted by molar-refractivity contribution is 9.10. The summed E-state index contributed by atoms with van der Waals surface area (Å²) in [4.78, 5) is 0. The van der Waals surface area contributed by atoms with E-state index in [2.05, 4.69) is 15.9 Å². The molecule has 0 heterocycles. The molecule has 0 N–H and O–H groups in total. The van der Waals surface area contributed by atoms with E-state index in [1.807, 2.05) is 6.92 Å². The minimum atomic E-state index is -0.633. The van der Waals surface area contributed by atoms with Gasteiger partial charge < -0.3 is 0 Å². The Balaban J connectivity index is 2.49. The van der Waals surface area contributed by atoms with Crippen LogP contribution in [0.25, 0.3) is 0 Å². The maximum absolute atomic E-state index is 12.9. The molecule has 1 aliphatic rings. The Bertz CT molecular complexity index is 101. The molecule has 0 aliphatic heterocycles. The highest BCUT2D eigenvalue weighted by Gasteiger charge is 2.33. The van der Waals surface area contributed by atoms with E-state index in [-0.39, 0.29) is 4.32 Å². The topological polar surface area (TPSA) is 0 Å². The first-order valence-electron chi connectivity index (χ1n) is 3.46. The van der Waals surface area contributed by atoms with Crippen LogP contribution in [0.2, 0.25) is 0 Å². The van der Waals surface area contributed by atoms with E-state index in [9.17, 15) is 4.39 Å². The lowest BCUT2D eigenvalue weighted by molar-refractivity contribution is 0.209. The van der Waals surface area contributed by atoms with Gasteiger partial charge in [0, 0.05) is 0 Å². The Labute approximate surface area is 64.0 Å². The Morgan fingerprint density at radius 1 is 1.56 bits per heavy atom. The summed E-state index contributed by atoms with van der Waals surface area (Å²) >= 11 is 3.38. The van der Waals surface area contributed by atoms with Crippen LogP contribution in [0.1, 0.15) is 32.6 Å². The molecule has 1 fully saturated rings. The molecule has 0 aromatic rings. The van der Waals surface area contributed by atoms with Crippen LogP contribution in [0.15, 0.2) is 0 Å². The summed E-state index contributed by atoms with van der Waals surface area (Å²) in [6, 6.07) is 0. The summed E-state index contributed by atoms with van der Waals surface area (Å²) < 4.78 is 12.7. The zero-order chi connectivity index (χ0) is 6.91. The first kappa shape index (κ1) is 7.52. The van der Waals surface area contributed by atoms with Crippen molar-refractivity contribution < 1.29 is 4.39 Å². The second-order valence-electron chi connectivity index (χ2n) is 2.99. The third-order valence-electron chi connectivity index (χ3n) is 2.03. The molecule has 0 aromatic carbocycles. The SMILES string of the molecule is C[C@@]1(Br)CCCC[C@H]1F. The zero-order valence-corrected chi connectivity index (χ0v) is 7.25. The van der Waals surface area contributed by atoms with Crippen molar-refractivity contribution in [3.8, 4) is 0 Å². The summed E-state index contributed by atoms with van der Waals surface area (Å²) in [5, 5.41) is 0. The standard InChI is InChI=1S/C7H12BrF/c1-7(8)5-3-2-4-6(7)9/h6H,2-5H2,1H3/t6-,7-/m1/s1. The fourth-order valence-electron chi connectivity index (χ4n) is 1.25. The van der Waals surface area contributed by atoms with E-state index in [1.165, 1.54) is 6.42 Å². The van der Waals surface area contributed by atoms with Gasteiger partial charge in [0.2, 0.25) is 0 Å². The van der Waals surface area contributed by atoms with Gasteiger partial charge in [0.1, 0.15) is 6.17 Å². The van der Waals surface area contributed by atoms with Crippen molar-refractivity contribution in [1.29, 1.82) is 0 Å². The van der Waals surface area contributed by atoms with Crippen LogP contribution in [-0.2, 0) is 0 Å². The predicted molar refractivity (Wildman–Crippen MR) is 40.7 cm³/mol. The molecular weight excluding hydrogens is 183 g/mol. The molecule has 0 saturated heterocycles. The predicted octanol–water partition coefficient (Wildman–Crippen LogP) is 3.05. The van der Waals surface area contributed by atoms with E-state index in [0.717, 1.165) is 19.3 Å². The first-order valence-corrected chi connectivity index (χ1v) is 4.25. The molecule has 0 unspecified atom stereocenters. The van der Waals surface area contributed by atoms with Crippen LogP contribution < -0.4 is 0 Å². The summed E-state index contributed by atoms with van der Waals surface area (Å²) in [7, 11) is 0. The summed E-state index contributed by atoms with van der Waals surface area (Å²) in [5.41, 5.74) is 0. The average Bonchev–Trinajstić information content (AvgIpc) is 1.77. The van der Waals surface area contributed by atoms with E-state index in [1.54, 1.807) is 0 Å². The molecule has 1 aliphatic carbocycles. The van der Waals surface area contributed by atoms with E-state index in [0.29, 0.717) is 0 Å². The van der Waals surface area contributed by atoms with Gasteiger partial charge in [-0.25, -0.2) is 4.39 Å². The molecule has 1 rings (SSSR count). The lowest BCUT2D eigenvalue weighted by Crippen LogP contribution is -2.32. The fourth-order valence-corrected chi connectivity index (χ4v) is 1.76. The molecule has 0 bridgehead atoms. The lowest BCUT2D eigenvalue weighted by atomic mass is 9.89. The largest absolute Gasteiger partial charge is 0.246 e. The number of alkyl halides is 2. The minimum Gasteiger partial charge on any atom is -0.246 e. The molecule has 0 nitrogen and oxygen atoms in total. The maximum atomic E-state index is 12.9. The van der Waals surface area contributed by atoms with Gasteiger partial charge in [-0.2, -0.15) is 0 Å². The Morgan fingerprint density at radius 3 is 2.56 bits per heavy atom. The van der Waals surface area contributed by atoms with Crippen LogP contribution in [0.4, 0.5) is 4.39 Å². The van der Waals surface area contributed by atoms with Crippen LogP contribution in [0, 0.1) is 0 Å². The third-order valence-corrected chi connectivity index (χ3v) is 2.92. The molecule has 0 aromatic heterocycles. The van der Waals surface area contributed by atoms with Crippen LogP contribution in [0.3, 0.4) is 0 Å². The summed E-state index contributed by atoms with van der Waals surface area (Å²) in [6.45, 7) is 1.94. The molecule has 2 heteroatoms. The van der Waals surface area contributed by atoms with Gasteiger partial charge in [0.05, 0.1) is 4.32 Å². The van der Waals surface area contributed by atoms with E-state index >= 15 is 0 Å². The maximum Gasteiger partial charge on any atom is 0.115 e. The van der Waals surface area contributed by atoms with Crippen LogP contribution >= 0.6 is 15.9 Å². The summed E-state index contributed by atoms with van der Waals surface area (Å²) in [6.07, 6.45) is 3.31.